The molecule has 0 bridgehead atoms. The van der Waals surface area contributed by atoms with E-state index in [1.54, 1.807) is 12.2 Å². The van der Waals surface area contributed by atoms with E-state index < -0.39 is 7.12 Å². The molecule has 6 heteroatoms. The monoisotopic (exact) mass is 334 g/mol. The highest BCUT2D eigenvalue weighted by Crippen LogP contribution is 2.13. The zero-order valence-corrected chi connectivity index (χ0v) is 15.6. The van der Waals surface area contributed by atoms with Crippen molar-refractivity contribution in [3.05, 3.63) is 48.4 Å². The minimum atomic E-state index is -0.863. The molecule has 0 saturated carbocycles. The van der Waals surface area contributed by atoms with Gasteiger partial charge in [-0.3, -0.25) is 0 Å². The van der Waals surface area contributed by atoms with Crippen molar-refractivity contribution in [1.82, 2.24) is 5.32 Å². The van der Waals surface area contributed by atoms with E-state index in [0.29, 0.717) is 12.5 Å². The van der Waals surface area contributed by atoms with Crippen LogP contribution in [-0.2, 0) is 15.9 Å². The Morgan fingerprint density at radius 3 is 2.71 bits per heavy atom. The van der Waals surface area contributed by atoms with Crippen LogP contribution in [0.2, 0.25) is 0 Å². The molecular weight excluding hydrogens is 303 g/mol. The van der Waals surface area contributed by atoms with Gasteiger partial charge >= 0.3 is 7.12 Å². The lowest BCUT2D eigenvalue weighted by atomic mass is 9.73. The number of rotatable bonds is 6. The first-order chi connectivity index (χ1) is 11.7. The second kappa shape index (κ2) is 13.5. The van der Waals surface area contributed by atoms with Crippen LogP contribution in [0.25, 0.3) is 0 Å². The molecule has 0 fully saturated rings. The zero-order chi connectivity index (χ0) is 18.4. The Kier molecular flexibility index (Phi) is 12.4. The molecule has 0 amide bonds. The first kappa shape index (κ1) is 22.1. The van der Waals surface area contributed by atoms with Gasteiger partial charge in [0.25, 0.3) is 0 Å². The standard InChI is InChI=1S/C14H19BN2O3.2C2H6/c1-3-5-14(16-4-2)20-17-12-7-6-11-8-9-19-15(18)13(11)10-12;2*1-2/h3,5-7,10,16-18H,1,4,8-9H2,2H3;2*1-2H3/b14-5+;;. The highest BCUT2D eigenvalue weighted by atomic mass is 16.7. The summed E-state index contributed by atoms with van der Waals surface area (Å²) in [7, 11) is -0.863. The molecule has 0 aliphatic carbocycles. The molecule has 0 spiro atoms. The lowest BCUT2D eigenvalue weighted by Gasteiger charge is -2.20. The smallest absolute Gasteiger partial charge is 0.423 e. The number of fused-ring (bicyclic) bond motifs is 1. The first-order valence-corrected chi connectivity index (χ1v) is 8.66. The fourth-order valence-electron chi connectivity index (χ4n) is 2.01. The normalized spacial score (nSPS) is 12.6. The van der Waals surface area contributed by atoms with Crippen LogP contribution in [0.15, 0.2) is 42.8 Å². The molecule has 1 heterocycles. The van der Waals surface area contributed by atoms with Crippen molar-refractivity contribution in [1.29, 1.82) is 0 Å². The Hall–Kier alpha value is -1.92. The number of hydrogen-bond donors (Lipinski definition) is 3. The Labute approximate surface area is 146 Å². The van der Waals surface area contributed by atoms with E-state index in [-0.39, 0.29) is 0 Å². The summed E-state index contributed by atoms with van der Waals surface area (Å²) in [5.41, 5.74) is 5.47. The molecule has 2 rings (SSSR count). The lowest BCUT2D eigenvalue weighted by Crippen LogP contribution is -2.41. The van der Waals surface area contributed by atoms with Crippen molar-refractivity contribution < 1.29 is 14.5 Å². The average molecular weight is 334 g/mol. The fourth-order valence-corrected chi connectivity index (χ4v) is 2.01. The van der Waals surface area contributed by atoms with Gasteiger partial charge in [0.15, 0.2) is 0 Å². The summed E-state index contributed by atoms with van der Waals surface area (Å²) in [6.45, 7) is 14.9. The van der Waals surface area contributed by atoms with Crippen LogP contribution in [-0.4, -0.2) is 25.3 Å². The summed E-state index contributed by atoms with van der Waals surface area (Å²) < 4.78 is 5.21. The van der Waals surface area contributed by atoms with Crippen molar-refractivity contribution >= 4 is 18.3 Å². The maximum Gasteiger partial charge on any atom is 0.491 e. The van der Waals surface area contributed by atoms with Crippen molar-refractivity contribution in [2.75, 3.05) is 18.6 Å². The summed E-state index contributed by atoms with van der Waals surface area (Å²) in [5, 5.41) is 12.9. The minimum Gasteiger partial charge on any atom is -0.423 e. The Balaban J connectivity index is 0.00000123. The van der Waals surface area contributed by atoms with E-state index in [9.17, 15) is 5.02 Å². The highest BCUT2D eigenvalue weighted by molar-refractivity contribution is 6.61. The molecule has 5 nitrogen and oxygen atoms in total. The number of benzene rings is 1. The summed E-state index contributed by atoms with van der Waals surface area (Å²) in [5.74, 6) is 0.581. The first-order valence-electron chi connectivity index (χ1n) is 8.66. The molecule has 1 aromatic rings. The van der Waals surface area contributed by atoms with E-state index in [2.05, 4.69) is 17.4 Å². The molecule has 0 aromatic heterocycles. The molecule has 1 aliphatic heterocycles. The number of allylic oxidation sites excluding steroid dienone is 2. The third-order valence-electron chi connectivity index (χ3n) is 2.96. The number of nitrogens with one attached hydrogen (secondary N) is 2. The average Bonchev–Trinajstić information content (AvgIpc) is 2.64. The third kappa shape index (κ3) is 7.11. The predicted octanol–water partition coefficient (Wildman–Crippen LogP) is 2.98. The van der Waals surface area contributed by atoms with Crippen LogP contribution >= 0.6 is 0 Å². The molecule has 1 aromatic carbocycles. The van der Waals surface area contributed by atoms with Crippen molar-refractivity contribution in [2.45, 2.75) is 41.0 Å². The maximum absolute atomic E-state index is 9.80. The summed E-state index contributed by atoms with van der Waals surface area (Å²) in [4.78, 5) is 5.44. The van der Waals surface area contributed by atoms with Gasteiger partial charge in [-0.25, -0.2) is 5.48 Å². The van der Waals surface area contributed by atoms with E-state index in [4.69, 9.17) is 9.49 Å². The van der Waals surface area contributed by atoms with Gasteiger partial charge in [0, 0.05) is 19.2 Å². The van der Waals surface area contributed by atoms with E-state index in [1.807, 2.05) is 52.8 Å². The van der Waals surface area contributed by atoms with E-state index in [1.165, 1.54) is 0 Å². The van der Waals surface area contributed by atoms with Crippen molar-refractivity contribution in [2.24, 2.45) is 0 Å². The van der Waals surface area contributed by atoms with Gasteiger partial charge in [-0.15, -0.1) is 0 Å². The van der Waals surface area contributed by atoms with Gasteiger partial charge in [-0.05, 0) is 36.5 Å². The topological polar surface area (TPSA) is 62.8 Å². The van der Waals surface area contributed by atoms with Gasteiger partial charge < -0.3 is 19.8 Å². The van der Waals surface area contributed by atoms with Crippen LogP contribution in [0.5, 0.6) is 0 Å². The number of anilines is 1. The van der Waals surface area contributed by atoms with Crippen LogP contribution in [0.4, 0.5) is 5.69 Å². The second-order valence-corrected chi connectivity index (χ2v) is 4.39. The molecular formula is C18H31BN2O3. The quantitative estimate of drug-likeness (QED) is 0.323. The summed E-state index contributed by atoms with van der Waals surface area (Å²) in [6, 6.07) is 5.71. The molecule has 1 aliphatic rings. The van der Waals surface area contributed by atoms with Gasteiger partial charge in [-0.1, -0.05) is 46.4 Å². The van der Waals surface area contributed by atoms with Gasteiger partial charge in [0.05, 0.1) is 5.69 Å². The van der Waals surface area contributed by atoms with Gasteiger partial charge in [0.1, 0.15) is 0 Å². The molecule has 0 saturated heterocycles. The van der Waals surface area contributed by atoms with Crippen LogP contribution in [0.1, 0.15) is 40.2 Å². The minimum absolute atomic E-state index is 0.546. The van der Waals surface area contributed by atoms with Gasteiger partial charge in [0.2, 0.25) is 5.88 Å². The van der Waals surface area contributed by atoms with Gasteiger partial charge in [-0.2, -0.15) is 0 Å². The molecule has 134 valence electrons. The predicted molar refractivity (Wildman–Crippen MR) is 103 cm³/mol. The fraction of sp³-hybridized carbons (Fsp3) is 0.444. The Morgan fingerprint density at radius 1 is 1.38 bits per heavy atom. The molecule has 3 N–H and O–H groups in total. The van der Waals surface area contributed by atoms with E-state index in [0.717, 1.165) is 29.7 Å². The van der Waals surface area contributed by atoms with Crippen LogP contribution in [0.3, 0.4) is 0 Å². The molecule has 0 atom stereocenters. The lowest BCUT2D eigenvalue weighted by molar-refractivity contribution is 0.257. The van der Waals surface area contributed by atoms with Crippen molar-refractivity contribution in [3.8, 4) is 0 Å². The molecule has 0 unspecified atom stereocenters. The van der Waals surface area contributed by atoms with Crippen LogP contribution in [0, 0.1) is 0 Å². The third-order valence-corrected chi connectivity index (χ3v) is 2.96. The Morgan fingerprint density at radius 2 is 2.08 bits per heavy atom. The largest absolute Gasteiger partial charge is 0.491 e. The Bertz CT molecular complexity index is 507. The zero-order valence-electron chi connectivity index (χ0n) is 15.6. The second-order valence-electron chi connectivity index (χ2n) is 4.39. The highest BCUT2D eigenvalue weighted by Gasteiger charge is 2.24. The summed E-state index contributed by atoms with van der Waals surface area (Å²) in [6.07, 6.45) is 4.18. The number of hydrogen-bond acceptors (Lipinski definition) is 5. The summed E-state index contributed by atoms with van der Waals surface area (Å²) >= 11 is 0. The molecule has 0 radical (unpaired) electrons. The van der Waals surface area contributed by atoms with Crippen LogP contribution < -0.4 is 16.3 Å². The maximum atomic E-state index is 9.80. The van der Waals surface area contributed by atoms with Crippen molar-refractivity contribution in [3.63, 3.8) is 0 Å². The molecule has 24 heavy (non-hydrogen) atoms. The van der Waals surface area contributed by atoms with E-state index >= 15 is 0 Å². The SMILES string of the molecule is C=C/C=C(\NCC)ONc1ccc2c(c1)B(O)OCC2.CC.CC.